The molecule has 2 aromatic carbocycles. The minimum atomic E-state index is -0.0630. The topological polar surface area (TPSA) is 40.5 Å². The van der Waals surface area contributed by atoms with Crippen molar-refractivity contribution in [3.8, 4) is 11.5 Å². The van der Waals surface area contributed by atoms with Gasteiger partial charge in [0.25, 0.3) is 0 Å². The first kappa shape index (κ1) is 12.9. The zero-order chi connectivity index (χ0) is 13.2. The summed E-state index contributed by atoms with van der Waals surface area (Å²) in [6.45, 7) is 4.29. The van der Waals surface area contributed by atoms with Gasteiger partial charge in [0.05, 0.1) is 0 Å². The van der Waals surface area contributed by atoms with Crippen molar-refractivity contribution < 1.29 is 10.2 Å². The van der Waals surface area contributed by atoms with Crippen molar-refractivity contribution >= 4 is 13.9 Å². The summed E-state index contributed by atoms with van der Waals surface area (Å²) in [6.07, 6.45) is 0. The second kappa shape index (κ2) is 4.99. The molecule has 0 aromatic heterocycles. The summed E-state index contributed by atoms with van der Waals surface area (Å²) in [5.74, 6) is 0.439. The monoisotopic (exact) mass is 260 g/mol. The molecule has 0 radical (unpaired) electrons. The molecule has 0 bridgehead atoms. The van der Waals surface area contributed by atoms with Gasteiger partial charge in [0.15, 0.2) is 0 Å². The van der Waals surface area contributed by atoms with Gasteiger partial charge in [-0.25, -0.2) is 0 Å². The van der Waals surface area contributed by atoms with Crippen molar-refractivity contribution in [1.29, 1.82) is 0 Å². The Morgan fingerprint density at radius 1 is 0.944 bits per heavy atom. The van der Waals surface area contributed by atoms with E-state index in [1.165, 1.54) is 11.6 Å². The van der Waals surface area contributed by atoms with Gasteiger partial charge in [0, 0.05) is 10.5 Å². The van der Waals surface area contributed by atoms with Crippen molar-refractivity contribution in [2.45, 2.75) is 19.0 Å². The predicted molar refractivity (Wildman–Crippen MR) is 77.2 cm³/mol. The molecule has 0 amide bonds. The molecule has 18 heavy (non-hydrogen) atoms. The molecule has 2 aromatic rings. The maximum Gasteiger partial charge on any atom is 0.123 e. The molecule has 94 valence electrons. The molecular formula is C15H17O2P. The minimum Gasteiger partial charge on any atom is -0.508 e. The first-order valence-corrected chi connectivity index (χ1v) is 6.85. The quantitative estimate of drug-likeness (QED) is 0.656. The molecule has 0 saturated heterocycles. The molecule has 0 heterocycles. The van der Waals surface area contributed by atoms with Gasteiger partial charge in [-0.3, -0.25) is 0 Å². The molecule has 0 spiro atoms. The summed E-state index contributed by atoms with van der Waals surface area (Å²) in [7, 11) is 0.394. The molecule has 0 aliphatic rings. The zero-order valence-corrected chi connectivity index (χ0v) is 11.5. The van der Waals surface area contributed by atoms with E-state index in [0.717, 1.165) is 5.30 Å². The molecular weight excluding hydrogens is 243 g/mol. The summed E-state index contributed by atoms with van der Waals surface area (Å²) in [6, 6.07) is 14.9. The van der Waals surface area contributed by atoms with Crippen LogP contribution in [0.3, 0.4) is 0 Å². The van der Waals surface area contributed by atoms with Gasteiger partial charge in [0.2, 0.25) is 0 Å². The Hall–Kier alpha value is -1.53. The lowest BCUT2D eigenvalue weighted by Crippen LogP contribution is -2.14. The van der Waals surface area contributed by atoms with Gasteiger partial charge in [-0.2, -0.15) is 0 Å². The van der Waals surface area contributed by atoms with Gasteiger partial charge in [-0.1, -0.05) is 52.8 Å². The average Bonchev–Trinajstić information content (AvgIpc) is 2.35. The van der Waals surface area contributed by atoms with E-state index in [1.54, 1.807) is 12.1 Å². The fraction of sp³-hybridized carbons (Fsp3) is 0.200. The molecule has 3 heteroatoms. The first-order chi connectivity index (χ1) is 8.49. The summed E-state index contributed by atoms with van der Waals surface area (Å²) in [5, 5.41) is 20.1. The van der Waals surface area contributed by atoms with E-state index in [9.17, 15) is 10.2 Å². The summed E-state index contributed by atoms with van der Waals surface area (Å²) >= 11 is 0. The fourth-order valence-corrected chi connectivity index (χ4v) is 3.30. The van der Waals surface area contributed by atoms with Gasteiger partial charge >= 0.3 is 0 Å². The lowest BCUT2D eigenvalue weighted by atomic mass is 10.0. The maximum atomic E-state index is 9.84. The number of phenols is 2. The van der Waals surface area contributed by atoms with Gasteiger partial charge in [0.1, 0.15) is 11.5 Å². The van der Waals surface area contributed by atoms with Crippen molar-refractivity contribution in [2.24, 2.45) is 0 Å². The lowest BCUT2D eigenvalue weighted by Gasteiger charge is -2.26. The van der Waals surface area contributed by atoms with E-state index in [4.69, 9.17) is 0 Å². The third kappa shape index (κ3) is 2.83. The second-order valence-electron chi connectivity index (χ2n) is 4.82. The lowest BCUT2D eigenvalue weighted by molar-refractivity contribution is 0.463. The zero-order valence-electron chi connectivity index (χ0n) is 10.5. The number of rotatable bonds is 3. The van der Waals surface area contributed by atoms with Crippen LogP contribution < -0.4 is 5.30 Å². The average molecular weight is 260 g/mol. The van der Waals surface area contributed by atoms with Crippen LogP contribution in [0.1, 0.15) is 19.4 Å². The summed E-state index contributed by atoms with van der Waals surface area (Å²) in [4.78, 5) is 0. The number of aromatic hydroxyl groups is 2. The molecule has 0 aliphatic carbocycles. The minimum absolute atomic E-state index is 0.0630. The van der Waals surface area contributed by atoms with E-state index in [2.05, 4.69) is 26.0 Å². The molecule has 2 rings (SSSR count). The standard InChI is InChI=1S/C15H17O2P/c1-15(2,11-6-4-3-5-7-11)18-14-10-12(16)8-9-13(14)17/h3-10,16-18H,1-2H3. The highest BCUT2D eigenvalue weighted by molar-refractivity contribution is 7.48. The highest BCUT2D eigenvalue weighted by Gasteiger charge is 2.22. The Kier molecular flexibility index (Phi) is 3.58. The third-order valence-corrected chi connectivity index (χ3v) is 4.51. The Morgan fingerprint density at radius 3 is 2.28 bits per heavy atom. The van der Waals surface area contributed by atoms with Crippen LogP contribution in [0.5, 0.6) is 11.5 Å². The highest BCUT2D eigenvalue weighted by atomic mass is 31.1. The normalized spacial score (nSPS) is 12.1. The molecule has 0 fully saturated rings. The van der Waals surface area contributed by atoms with E-state index in [1.807, 2.05) is 18.2 Å². The second-order valence-corrected chi connectivity index (χ2v) is 6.86. The van der Waals surface area contributed by atoms with Gasteiger partial charge in [-0.05, 0) is 23.8 Å². The van der Waals surface area contributed by atoms with E-state index in [0.29, 0.717) is 8.58 Å². The van der Waals surface area contributed by atoms with Crippen LogP contribution in [-0.4, -0.2) is 10.2 Å². The van der Waals surface area contributed by atoms with Gasteiger partial charge in [-0.15, -0.1) is 0 Å². The number of phenolic OH excluding ortho intramolecular Hbond substituents is 2. The van der Waals surface area contributed by atoms with Crippen LogP contribution in [0.4, 0.5) is 0 Å². The van der Waals surface area contributed by atoms with E-state index < -0.39 is 0 Å². The predicted octanol–water partition coefficient (Wildman–Crippen LogP) is 3.34. The number of hydrogen-bond acceptors (Lipinski definition) is 2. The van der Waals surface area contributed by atoms with Crippen LogP contribution in [0.2, 0.25) is 0 Å². The largest absolute Gasteiger partial charge is 0.508 e. The van der Waals surface area contributed by atoms with Crippen molar-refractivity contribution in [3.63, 3.8) is 0 Å². The number of hydrogen-bond donors (Lipinski definition) is 2. The smallest absolute Gasteiger partial charge is 0.123 e. The first-order valence-electron chi connectivity index (χ1n) is 5.85. The Morgan fingerprint density at radius 2 is 1.61 bits per heavy atom. The Bertz CT molecular complexity index is 535. The SMILES string of the molecule is CC(C)(Pc1cc(O)ccc1O)c1ccccc1. The molecule has 1 atom stereocenters. The van der Waals surface area contributed by atoms with Crippen molar-refractivity contribution in [1.82, 2.24) is 0 Å². The highest BCUT2D eigenvalue weighted by Crippen LogP contribution is 2.42. The Labute approximate surface area is 109 Å². The van der Waals surface area contributed by atoms with Crippen LogP contribution in [0.25, 0.3) is 0 Å². The molecule has 2 nitrogen and oxygen atoms in total. The molecule has 2 N–H and O–H groups in total. The Balaban J connectivity index is 2.30. The van der Waals surface area contributed by atoms with Gasteiger partial charge < -0.3 is 10.2 Å². The van der Waals surface area contributed by atoms with Crippen LogP contribution in [0.15, 0.2) is 48.5 Å². The van der Waals surface area contributed by atoms with E-state index in [-0.39, 0.29) is 16.7 Å². The van der Waals surface area contributed by atoms with E-state index >= 15 is 0 Å². The van der Waals surface area contributed by atoms with Crippen LogP contribution in [0, 0.1) is 0 Å². The van der Waals surface area contributed by atoms with Crippen molar-refractivity contribution in [3.05, 3.63) is 54.1 Å². The van der Waals surface area contributed by atoms with Crippen LogP contribution >= 0.6 is 8.58 Å². The summed E-state index contributed by atoms with van der Waals surface area (Å²) < 4.78 is 0. The molecule has 1 unspecified atom stereocenters. The number of benzene rings is 2. The molecule has 0 saturated carbocycles. The van der Waals surface area contributed by atoms with Crippen LogP contribution in [-0.2, 0) is 5.16 Å². The van der Waals surface area contributed by atoms with Crippen molar-refractivity contribution in [2.75, 3.05) is 0 Å². The fourth-order valence-electron chi connectivity index (χ4n) is 1.89. The maximum absolute atomic E-state index is 9.84. The summed E-state index contributed by atoms with van der Waals surface area (Å²) in [5.41, 5.74) is 1.23. The third-order valence-electron chi connectivity index (χ3n) is 2.92. The molecule has 0 aliphatic heterocycles.